The molecule has 56 heavy (non-hydrogen) atoms. The first-order valence-electron chi connectivity index (χ1n) is 24.6. The van der Waals surface area contributed by atoms with Crippen LogP contribution in [0.2, 0.25) is 0 Å². The van der Waals surface area contributed by atoms with Gasteiger partial charge in [-0.2, -0.15) is 0 Å². The molecule has 8 heteroatoms. The largest absolute Gasteiger partial charge is 0.377 e. The van der Waals surface area contributed by atoms with Gasteiger partial charge in [-0.25, -0.2) is 0 Å². The Morgan fingerprint density at radius 3 is 0.714 bits per heavy atom. The number of ether oxygens (including phenoxy) is 4. The van der Waals surface area contributed by atoms with E-state index in [1.807, 2.05) is 9.80 Å². The first-order valence-corrected chi connectivity index (χ1v) is 24.6. The van der Waals surface area contributed by atoms with Gasteiger partial charge in [0.05, 0.1) is 52.9 Å². The molecule has 332 valence electrons. The molecule has 0 radical (unpaired) electrons. The van der Waals surface area contributed by atoms with E-state index < -0.39 is 0 Å². The fourth-order valence-electron chi connectivity index (χ4n) is 7.68. The van der Waals surface area contributed by atoms with E-state index in [1.54, 1.807) is 0 Å². The zero-order valence-corrected chi connectivity index (χ0v) is 37.5. The van der Waals surface area contributed by atoms with E-state index in [4.69, 9.17) is 18.9 Å². The molecule has 0 spiro atoms. The lowest BCUT2D eigenvalue weighted by Crippen LogP contribution is -2.38. The zero-order valence-electron chi connectivity index (χ0n) is 37.5. The topological polar surface area (TPSA) is 77.5 Å². The van der Waals surface area contributed by atoms with Gasteiger partial charge in [0.25, 0.3) is 0 Å². The molecule has 0 unspecified atom stereocenters. The maximum atomic E-state index is 13.1. The lowest BCUT2D eigenvalue weighted by molar-refractivity contribution is -0.134. The Kier molecular flexibility index (Phi) is 40.9. The van der Waals surface area contributed by atoms with Crippen LogP contribution in [0.25, 0.3) is 0 Å². The van der Waals surface area contributed by atoms with Crippen molar-refractivity contribution in [2.75, 3.05) is 79.0 Å². The minimum Gasteiger partial charge on any atom is -0.377 e. The summed E-state index contributed by atoms with van der Waals surface area (Å²) in [6.07, 6.45) is 40.9. The Morgan fingerprint density at radius 2 is 0.500 bits per heavy atom. The Morgan fingerprint density at radius 1 is 0.304 bits per heavy atom. The molecule has 0 aromatic heterocycles. The lowest BCUT2D eigenvalue weighted by Gasteiger charge is -2.24. The third-order valence-corrected chi connectivity index (χ3v) is 11.5. The van der Waals surface area contributed by atoms with E-state index >= 15 is 0 Å². The first-order chi connectivity index (χ1) is 27.7. The van der Waals surface area contributed by atoms with Gasteiger partial charge in [0, 0.05) is 39.0 Å². The quantitative estimate of drug-likeness (QED) is 0.0631. The summed E-state index contributed by atoms with van der Waals surface area (Å²) in [5.41, 5.74) is 0. The Bertz CT molecular complexity index is 743. The van der Waals surface area contributed by atoms with E-state index in [2.05, 4.69) is 13.8 Å². The molecule has 0 bridgehead atoms. The molecule has 1 fully saturated rings. The van der Waals surface area contributed by atoms with Crippen LogP contribution < -0.4 is 0 Å². The molecule has 1 saturated heterocycles. The van der Waals surface area contributed by atoms with Crippen LogP contribution in [-0.2, 0) is 28.5 Å². The Balaban J connectivity index is 2.14. The predicted octanol–water partition coefficient (Wildman–Crippen LogP) is 12.2. The Labute approximate surface area is 347 Å². The van der Waals surface area contributed by atoms with E-state index in [0.29, 0.717) is 91.9 Å². The average Bonchev–Trinajstić information content (AvgIpc) is 3.20. The van der Waals surface area contributed by atoms with Crippen molar-refractivity contribution in [1.29, 1.82) is 0 Å². The van der Waals surface area contributed by atoms with Crippen molar-refractivity contribution in [2.24, 2.45) is 0 Å². The molecule has 1 heterocycles. The van der Waals surface area contributed by atoms with Crippen LogP contribution in [0.5, 0.6) is 0 Å². The molecule has 0 aromatic carbocycles. The van der Waals surface area contributed by atoms with E-state index in [1.165, 1.54) is 167 Å². The first kappa shape index (κ1) is 52.8. The second kappa shape index (κ2) is 43.4. The number of amides is 2. The smallest absolute Gasteiger partial charge is 0.222 e. The van der Waals surface area contributed by atoms with Crippen molar-refractivity contribution in [2.45, 2.75) is 219 Å². The fraction of sp³-hybridized carbons (Fsp3) is 0.958. The van der Waals surface area contributed by atoms with Crippen molar-refractivity contribution in [3.8, 4) is 0 Å². The van der Waals surface area contributed by atoms with Crippen molar-refractivity contribution < 1.29 is 28.5 Å². The number of carbonyl (C=O) groups excluding carboxylic acids is 2. The summed E-state index contributed by atoms with van der Waals surface area (Å²) in [4.78, 5) is 30.0. The van der Waals surface area contributed by atoms with Crippen LogP contribution in [0.4, 0.5) is 0 Å². The van der Waals surface area contributed by atoms with Crippen LogP contribution in [0, 0.1) is 0 Å². The summed E-state index contributed by atoms with van der Waals surface area (Å²) in [5.74, 6) is 0.394. The van der Waals surface area contributed by atoms with E-state index in [9.17, 15) is 9.59 Å². The molecule has 1 aliphatic rings. The summed E-state index contributed by atoms with van der Waals surface area (Å²) in [6, 6.07) is 0. The number of hydrogen-bond donors (Lipinski definition) is 0. The van der Waals surface area contributed by atoms with Gasteiger partial charge in [-0.15, -0.1) is 0 Å². The number of unbranched alkanes of at least 4 members (excludes halogenated alkanes) is 28. The summed E-state index contributed by atoms with van der Waals surface area (Å²) in [6.45, 7) is 10.7. The highest BCUT2D eigenvalue weighted by atomic mass is 16.5. The third-order valence-electron chi connectivity index (χ3n) is 11.5. The molecule has 1 aliphatic heterocycles. The highest BCUT2D eigenvalue weighted by molar-refractivity contribution is 5.76. The predicted molar refractivity (Wildman–Crippen MR) is 236 cm³/mol. The summed E-state index contributed by atoms with van der Waals surface area (Å²) >= 11 is 0. The average molecular weight is 795 g/mol. The molecule has 0 N–H and O–H groups in total. The zero-order chi connectivity index (χ0) is 40.3. The van der Waals surface area contributed by atoms with Gasteiger partial charge in [0.15, 0.2) is 0 Å². The molecule has 0 aromatic rings. The van der Waals surface area contributed by atoms with Crippen molar-refractivity contribution in [3.63, 3.8) is 0 Å². The van der Waals surface area contributed by atoms with Crippen LogP contribution in [0.1, 0.15) is 219 Å². The maximum absolute atomic E-state index is 13.1. The van der Waals surface area contributed by atoms with Gasteiger partial charge in [0.2, 0.25) is 11.8 Å². The molecule has 1 rings (SSSR count). The number of carbonyl (C=O) groups is 2. The second-order valence-corrected chi connectivity index (χ2v) is 16.6. The molecular weight excluding hydrogens is 701 g/mol. The van der Waals surface area contributed by atoms with Gasteiger partial charge in [-0.1, -0.05) is 194 Å². The van der Waals surface area contributed by atoms with Gasteiger partial charge in [-0.05, 0) is 12.8 Å². The number of rotatable bonds is 32. The number of nitrogens with zero attached hydrogens (tertiary/aromatic N) is 2. The molecule has 0 aliphatic carbocycles. The molecule has 0 atom stereocenters. The lowest BCUT2D eigenvalue weighted by atomic mass is 10.0. The normalized spacial score (nSPS) is 15.8. The van der Waals surface area contributed by atoms with Gasteiger partial charge < -0.3 is 28.7 Å². The van der Waals surface area contributed by atoms with E-state index in [0.717, 1.165) is 25.7 Å². The van der Waals surface area contributed by atoms with Crippen LogP contribution in [0.3, 0.4) is 0 Å². The third kappa shape index (κ3) is 35.9. The SMILES string of the molecule is CCCCCCCCCCCCCCCCCC(=O)N1CCOCCOCCN(C(=O)CCCCCCCCCCCCCCCCC)CCOCCOCC1. The second-order valence-electron chi connectivity index (χ2n) is 16.6. The van der Waals surface area contributed by atoms with Crippen LogP contribution >= 0.6 is 0 Å². The van der Waals surface area contributed by atoms with Crippen molar-refractivity contribution >= 4 is 11.8 Å². The fourth-order valence-corrected chi connectivity index (χ4v) is 7.68. The summed E-state index contributed by atoms with van der Waals surface area (Å²) < 4.78 is 23.4. The van der Waals surface area contributed by atoms with E-state index in [-0.39, 0.29) is 11.8 Å². The number of hydrogen-bond acceptors (Lipinski definition) is 6. The monoisotopic (exact) mass is 795 g/mol. The highest BCUT2D eigenvalue weighted by Gasteiger charge is 2.15. The molecule has 8 nitrogen and oxygen atoms in total. The van der Waals surface area contributed by atoms with Gasteiger partial charge >= 0.3 is 0 Å². The molecule has 2 amide bonds. The van der Waals surface area contributed by atoms with Crippen LogP contribution in [0.15, 0.2) is 0 Å². The summed E-state index contributed by atoms with van der Waals surface area (Å²) in [7, 11) is 0. The minimum atomic E-state index is 0.197. The molecule has 0 saturated carbocycles. The van der Waals surface area contributed by atoms with Gasteiger partial charge in [0.1, 0.15) is 0 Å². The summed E-state index contributed by atoms with van der Waals surface area (Å²) in [5, 5.41) is 0. The van der Waals surface area contributed by atoms with Gasteiger partial charge in [-0.3, -0.25) is 9.59 Å². The van der Waals surface area contributed by atoms with Crippen LogP contribution in [-0.4, -0.2) is 101 Å². The Hall–Kier alpha value is -1.22. The van der Waals surface area contributed by atoms with Crippen molar-refractivity contribution in [1.82, 2.24) is 9.80 Å². The standard InChI is InChI=1S/C48H94N2O6/c1-3-5-7-9-11-13-15-17-19-21-23-25-27-29-31-33-47(51)49-35-39-53-43-45-55-41-37-50(38-42-56-46-44-54-40-36-49)48(52)34-32-30-28-26-24-22-20-18-16-14-12-10-8-6-4-2/h3-46H2,1-2H3. The van der Waals surface area contributed by atoms with Crippen molar-refractivity contribution in [3.05, 3.63) is 0 Å². The highest BCUT2D eigenvalue weighted by Crippen LogP contribution is 2.16. The maximum Gasteiger partial charge on any atom is 0.222 e. The molecular formula is C48H94N2O6. The minimum absolute atomic E-state index is 0.197.